The molecule has 2 unspecified atom stereocenters. The number of amides is 1. The van der Waals surface area contributed by atoms with Crippen molar-refractivity contribution in [2.45, 2.75) is 43.4 Å². The lowest BCUT2D eigenvalue weighted by Gasteiger charge is -2.37. The number of rotatable bonds is 5. The number of carbonyl (C=O) groups excluding carboxylic acids is 1. The second-order valence-electron chi connectivity index (χ2n) is 6.37. The SMILES string of the molecule is COc1ccc(CC(=O)N(C)C2CCCCC2S(C)(=O)=O)cc1F. The highest BCUT2D eigenvalue weighted by atomic mass is 32.2. The molecule has 1 fully saturated rings. The predicted octanol–water partition coefficient (Wildman–Crippen LogP) is 2.19. The molecule has 134 valence electrons. The second kappa shape index (κ2) is 7.51. The summed E-state index contributed by atoms with van der Waals surface area (Å²) in [6.07, 6.45) is 4.29. The molecular formula is C17H24FNO4S. The highest BCUT2D eigenvalue weighted by Crippen LogP contribution is 2.28. The van der Waals surface area contributed by atoms with Gasteiger partial charge in [-0.3, -0.25) is 4.79 Å². The number of ether oxygens (including phenoxy) is 1. The Kier molecular flexibility index (Phi) is 5.85. The standard InChI is InChI=1S/C17H24FNO4S/c1-19(14-6-4-5-7-16(14)24(3,21)22)17(20)11-12-8-9-15(23-2)13(18)10-12/h8-10,14,16H,4-7,11H2,1-3H3. The van der Waals surface area contributed by atoms with E-state index in [1.165, 1.54) is 30.4 Å². The number of hydrogen-bond acceptors (Lipinski definition) is 4. The molecule has 0 bridgehead atoms. The normalized spacial score (nSPS) is 21.3. The minimum Gasteiger partial charge on any atom is -0.494 e. The average molecular weight is 357 g/mol. The molecule has 2 atom stereocenters. The first-order valence-corrected chi connectivity index (χ1v) is 9.96. The third kappa shape index (κ3) is 4.26. The van der Waals surface area contributed by atoms with E-state index >= 15 is 0 Å². The van der Waals surface area contributed by atoms with Crippen LogP contribution in [0.2, 0.25) is 0 Å². The molecule has 0 saturated heterocycles. The Morgan fingerprint density at radius 2 is 2.00 bits per heavy atom. The number of hydrogen-bond donors (Lipinski definition) is 0. The van der Waals surface area contributed by atoms with E-state index in [0.717, 1.165) is 12.8 Å². The van der Waals surface area contributed by atoms with Gasteiger partial charge in [0.05, 0.1) is 18.8 Å². The van der Waals surface area contributed by atoms with Crippen LogP contribution in [0.25, 0.3) is 0 Å². The van der Waals surface area contributed by atoms with E-state index in [-0.39, 0.29) is 24.1 Å². The van der Waals surface area contributed by atoms with Crippen LogP contribution < -0.4 is 4.74 Å². The summed E-state index contributed by atoms with van der Waals surface area (Å²) in [5.74, 6) is -0.596. The molecule has 0 aromatic heterocycles. The van der Waals surface area contributed by atoms with E-state index in [0.29, 0.717) is 18.4 Å². The number of benzene rings is 1. The summed E-state index contributed by atoms with van der Waals surface area (Å²) in [6.45, 7) is 0. The van der Waals surface area contributed by atoms with Crippen LogP contribution in [0, 0.1) is 5.82 Å². The third-order valence-electron chi connectivity index (χ3n) is 4.68. The first-order chi connectivity index (χ1) is 11.2. The highest BCUT2D eigenvalue weighted by Gasteiger charge is 2.36. The summed E-state index contributed by atoms with van der Waals surface area (Å²) in [5, 5.41) is -0.521. The molecule has 24 heavy (non-hydrogen) atoms. The summed E-state index contributed by atoms with van der Waals surface area (Å²) < 4.78 is 42.6. The van der Waals surface area contributed by atoms with Crippen LogP contribution in [0.4, 0.5) is 4.39 Å². The van der Waals surface area contributed by atoms with Gasteiger partial charge in [-0.2, -0.15) is 0 Å². The maximum Gasteiger partial charge on any atom is 0.227 e. The smallest absolute Gasteiger partial charge is 0.227 e. The first-order valence-electron chi connectivity index (χ1n) is 8.01. The van der Waals surface area contributed by atoms with E-state index in [1.54, 1.807) is 13.1 Å². The van der Waals surface area contributed by atoms with Crippen molar-refractivity contribution in [1.82, 2.24) is 4.90 Å². The lowest BCUT2D eigenvalue weighted by atomic mass is 9.93. The van der Waals surface area contributed by atoms with Crippen molar-refractivity contribution >= 4 is 15.7 Å². The van der Waals surface area contributed by atoms with E-state index in [9.17, 15) is 17.6 Å². The maximum absolute atomic E-state index is 13.7. The molecule has 2 rings (SSSR count). The maximum atomic E-state index is 13.7. The van der Waals surface area contributed by atoms with Crippen molar-refractivity contribution in [3.8, 4) is 5.75 Å². The Morgan fingerprint density at radius 3 is 2.58 bits per heavy atom. The lowest BCUT2D eigenvalue weighted by Crippen LogP contribution is -2.49. The number of methoxy groups -OCH3 is 1. The summed E-state index contributed by atoms with van der Waals surface area (Å²) in [4.78, 5) is 14.0. The van der Waals surface area contributed by atoms with E-state index in [4.69, 9.17) is 4.74 Å². The van der Waals surface area contributed by atoms with Crippen LogP contribution in [0.3, 0.4) is 0 Å². The Labute approximate surface area is 142 Å². The fourth-order valence-electron chi connectivity index (χ4n) is 3.32. The summed E-state index contributed by atoms with van der Waals surface area (Å²) in [7, 11) is -0.197. The number of nitrogens with zero attached hydrogens (tertiary/aromatic N) is 1. The Morgan fingerprint density at radius 1 is 1.33 bits per heavy atom. The van der Waals surface area contributed by atoms with E-state index in [2.05, 4.69) is 0 Å². The monoisotopic (exact) mass is 357 g/mol. The predicted molar refractivity (Wildman–Crippen MR) is 90.3 cm³/mol. The van der Waals surface area contributed by atoms with Gasteiger partial charge in [0.1, 0.15) is 0 Å². The lowest BCUT2D eigenvalue weighted by molar-refractivity contribution is -0.131. The zero-order valence-corrected chi connectivity index (χ0v) is 15.1. The van der Waals surface area contributed by atoms with Crippen molar-refractivity contribution in [1.29, 1.82) is 0 Å². The summed E-state index contributed by atoms with van der Waals surface area (Å²) in [5.41, 5.74) is 0.539. The summed E-state index contributed by atoms with van der Waals surface area (Å²) >= 11 is 0. The first kappa shape index (κ1) is 18.7. The van der Waals surface area contributed by atoms with Gasteiger partial charge in [0.15, 0.2) is 21.4 Å². The van der Waals surface area contributed by atoms with Crippen LogP contribution in [0.15, 0.2) is 18.2 Å². The molecule has 0 heterocycles. The third-order valence-corrected chi connectivity index (χ3v) is 6.33. The fraction of sp³-hybridized carbons (Fsp3) is 0.588. The van der Waals surface area contributed by atoms with Crippen LogP contribution in [0.5, 0.6) is 5.75 Å². The van der Waals surface area contributed by atoms with Crippen LogP contribution >= 0.6 is 0 Å². The highest BCUT2D eigenvalue weighted by molar-refractivity contribution is 7.91. The van der Waals surface area contributed by atoms with Crippen molar-refractivity contribution in [3.05, 3.63) is 29.6 Å². The number of carbonyl (C=O) groups is 1. The molecule has 1 aliphatic rings. The molecule has 1 amide bonds. The van der Waals surface area contributed by atoms with Gasteiger partial charge >= 0.3 is 0 Å². The molecular weight excluding hydrogens is 333 g/mol. The minimum absolute atomic E-state index is 0.0321. The van der Waals surface area contributed by atoms with Gasteiger partial charge in [-0.05, 0) is 30.5 Å². The molecule has 1 aromatic carbocycles. The van der Waals surface area contributed by atoms with Gasteiger partial charge < -0.3 is 9.64 Å². The van der Waals surface area contributed by atoms with Crippen LogP contribution in [0.1, 0.15) is 31.2 Å². The van der Waals surface area contributed by atoms with Crippen molar-refractivity contribution < 1.29 is 22.3 Å². The number of halogens is 1. The zero-order valence-electron chi connectivity index (χ0n) is 14.3. The minimum atomic E-state index is -3.21. The fourth-order valence-corrected chi connectivity index (χ4v) is 4.81. The average Bonchev–Trinajstić information content (AvgIpc) is 2.53. The molecule has 5 nitrogen and oxygen atoms in total. The Balaban J connectivity index is 2.12. The number of sulfone groups is 1. The van der Waals surface area contributed by atoms with Gasteiger partial charge in [0.25, 0.3) is 0 Å². The van der Waals surface area contributed by atoms with Crippen molar-refractivity contribution in [3.63, 3.8) is 0 Å². The number of likely N-dealkylation sites (N-methyl/N-ethyl adjacent to an activating group) is 1. The van der Waals surface area contributed by atoms with Gasteiger partial charge in [-0.25, -0.2) is 12.8 Å². The molecule has 7 heteroatoms. The summed E-state index contributed by atoms with van der Waals surface area (Å²) in [6, 6.07) is 4.09. The quantitative estimate of drug-likeness (QED) is 0.810. The molecule has 1 saturated carbocycles. The van der Waals surface area contributed by atoms with Gasteiger partial charge in [0.2, 0.25) is 5.91 Å². The van der Waals surface area contributed by atoms with Crippen molar-refractivity contribution in [2.75, 3.05) is 20.4 Å². The Hall–Kier alpha value is -1.63. The second-order valence-corrected chi connectivity index (χ2v) is 8.63. The van der Waals surface area contributed by atoms with E-state index in [1.807, 2.05) is 0 Å². The Bertz CT molecular complexity index is 705. The molecule has 0 N–H and O–H groups in total. The van der Waals surface area contributed by atoms with Gasteiger partial charge in [-0.1, -0.05) is 18.9 Å². The van der Waals surface area contributed by atoms with Crippen LogP contribution in [-0.2, 0) is 21.1 Å². The molecule has 0 spiro atoms. The van der Waals surface area contributed by atoms with Crippen molar-refractivity contribution in [2.24, 2.45) is 0 Å². The molecule has 0 aliphatic heterocycles. The van der Waals surface area contributed by atoms with E-state index < -0.39 is 20.9 Å². The van der Waals surface area contributed by atoms with Gasteiger partial charge in [-0.15, -0.1) is 0 Å². The molecule has 1 aromatic rings. The topological polar surface area (TPSA) is 63.7 Å². The van der Waals surface area contributed by atoms with Crippen LogP contribution in [-0.4, -0.2) is 50.9 Å². The largest absolute Gasteiger partial charge is 0.494 e. The molecule has 1 aliphatic carbocycles. The zero-order chi connectivity index (χ0) is 17.9. The van der Waals surface area contributed by atoms with Gasteiger partial charge in [0, 0.05) is 19.3 Å². The molecule has 0 radical (unpaired) electrons.